The lowest BCUT2D eigenvalue weighted by molar-refractivity contribution is -0.137. The van der Waals surface area contributed by atoms with Gasteiger partial charge in [-0.25, -0.2) is 0 Å². The summed E-state index contributed by atoms with van der Waals surface area (Å²) in [5.41, 5.74) is -0.857. The minimum Gasteiger partial charge on any atom is -0.506 e. The molecular formula is C15H12F3NO3. The van der Waals surface area contributed by atoms with Crippen molar-refractivity contribution in [3.63, 3.8) is 0 Å². The first kappa shape index (κ1) is 15.7. The molecule has 2 aromatic rings. The number of hydrogen-bond acceptors (Lipinski definition) is 3. The summed E-state index contributed by atoms with van der Waals surface area (Å²) in [6.07, 6.45) is -4.81. The van der Waals surface area contributed by atoms with Crippen molar-refractivity contribution in [3.05, 3.63) is 53.6 Å². The van der Waals surface area contributed by atoms with Crippen molar-refractivity contribution in [2.75, 3.05) is 5.32 Å². The molecule has 0 aliphatic carbocycles. The Morgan fingerprint density at radius 2 is 1.64 bits per heavy atom. The topological polar surface area (TPSA) is 69.6 Å². The van der Waals surface area contributed by atoms with E-state index >= 15 is 0 Å². The van der Waals surface area contributed by atoms with Gasteiger partial charge in [-0.1, -0.05) is 24.3 Å². The smallest absolute Gasteiger partial charge is 0.416 e. The Hall–Kier alpha value is -2.70. The molecule has 116 valence electrons. The van der Waals surface area contributed by atoms with Crippen LogP contribution in [0.3, 0.4) is 0 Å². The van der Waals surface area contributed by atoms with Gasteiger partial charge in [0.15, 0.2) is 0 Å². The highest BCUT2D eigenvalue weighted by atomic mass is 19.4. The Labute approximate surface area is 123 Å². The summed E-state index contributed by atoms with van der Waals surface area (Å²) in [4.78, 5) is 11.8. The summed E-state index contributed by atoms with van der Waals surface area (Å²) >= 11 is 0. The molecule has 0 spiro atoms. The lowest BCUT2D eigenvalue weighted by Crippen LogP contribution is -2.15. The van der Waals surface area contributed by atoms with Gasteiger partial charge >= 0.3 is 6.18 Å². The van der Waals surface area contributed by atoms with E-state index in [1.807, 2.05) is 0 Å². The van der Waals surface area contributed by atoms with Crippen LogP contribution in [0.15, 0.2) is 42.5 Å². The number of aromatic hydroxyl groups is 2. The van der Waals surface area contributed by atoms with E-state index in [1.54, 1.807) is 0 Å². The van der Waals surface area contributed by atoms with E-state index in [9.17, 15) is 28.2 Å². The molecule has 0 aromatic heterocycles. The maximum Gasteiger partial charge on any atom is 0.416 e. The van der Waals surface area contributed by atoms with Gasteiger partial charge in [0.25, 0.3) is 0 Å². The van der Waals surface area contributed by atoms with E-state index in [0.29, 0.717) is 0 Å². The van der Waals surface area contributed by atoms with E-state index in [1.165, 1.54) is 30.3 Å². The molecule has 22 heavy (non-hydrogen) atoms. The van der Waals surface area contributed by atoms with Crippen molar-refractivity contribution in [2.45, 2.75) is 12.6 Å². The molecule has 2 rings (SSSR count). The first-order valence-corrected chi connectivity index (χ1v) is 6.24. The van der Waals surface area contributed by atoms with Gasteiger partial charge in [-0.3, -0.25) is 4.79 Å². The highest BCUT2D eigenvalue weighted by Crippen LogP contribution is 2.32. The zero-order valence-corrected chi connectivity index (χ0v) is 11.2. The molecule has 0 saturated carbocycles. The zero-order valence-electron chi connectivity index (χ0n) is 11.2. The van der Waals surface area contributed by atoms with Gasteiger partial charge in [0.1, 0.15) is 17.2 Å². The molecule has 7 heteroatoms. The summed E-state index contributed by atoms with van der Waals surface area (Å²) in [6, 6.07) is 8.30. The molecule has 0 fully saturated rings. The lowest BCUT2D eigenvalue weighted by Gasteiger charge is -2.10. The standard InChI is InChI=1S/C15H12F3NO3/c16-15(17,18)10-4-1-3-9(7-10)8-13(22)19-14-11(20)5-2-6-12(14)21/h1-7,20-21H,8H2,(H,19,22). The number of alkyl halides is 3. The SMILES string of the molecule is O=C(Cc1cccc(C(F)(F)F)c1)Nc1c(O)cccc1O. The van der Waals surface area contributed by atoms with Crippen LogP contribution in [0.25, 0.3) is 0 Å². The average molecular weight is 311 g/mol. The van der Waals surface area contributed by atoms with Crippen molar-refractivity contribution in [1.29, 1.82) is 0 Å². The van der Waals surface area contributed by atoms with Crippen LogP contribution >= 0.6 is 0 Å². The fraction of sp³-hybridized carbons (Fsp3) is 0.133. The first-order valence-electron chi connectivity index (χ1n) is 6.24. The lowest BCUT2D eigenvalue weighted by atomic mass is 10.1. The Kier molecular flexibility index (Phi) is 4.25. The van der Waals surface area contributed by atoms with Crippen LogP contribution in [-0.2, 0) is 17.4 Å². The van der Waals surface area contributed by atoms with Gasteiger partial charge in [0.05, 0.1) is 12.0 Å². The molecular weight excluding hydrogens is 299 g/mol. The number of benzene rings is 2. The molecule has 2 aromatic carbocycles. The summed E-state index contributed by atoms with van der Waals surface area (Å²) in [7, 11) is 0. The van der Waals surface area contributed by atoms with Gasteiger partial charge < -0.3 is 15.5 Å². The molecule has 0 atom stereocenters. The Bertz CT molecular complexity index is 678. The van der Waals surface area contributed by atoms with E-state index in [2.05, 4.69) is 5.32 Å². The van der Waals surface area contributed by atoms with Crippen molar-refractivity contribution >= 4 is 11.6 Å². The number of nitrogens with one attached hydrogen (secondary N) is 1. The third-order valence-electron chi connectivity index (χ3n) is 2.90. The second-order valence-corrected chi connectivity index (χ2v) is 4.59. The van der Waals surface area contributed by atoms with Crippen LogP contribution < -0.4 is 5.32 Å². The molecule has 0 bridgehead atoms. The molecule has 0 aliphatic rings. The number of halogens is 3. The van der Waals surface area contributed by atoms with E-state index in [0.717, 1.165) is 12.1 Å². The fourth-order valence-corrected chi connectivity index (χ4v) is 1.88. The van der Waals surface area contributed by atoms with E-state index < -0.39 is 17.6 Å². The number of amides is 1. The third-order valence-corrected chi connectivity index (χ3v) is 2.90. The number of para-hydroxylation sites is 1. The number of phenolic OH excluding ortho intramolecular Hbond substituents is 2. The van der Waals surface area contributed by atoms with Crippen LogP contribution in [0.5, 0.6) is 11.5 Å². The fourth-order valence-electron chi connectivity index (χ4n) is 1.88. The van der Waals surface area contributed by atoms with Gasteiger partial charge in [0.2, 0.25) is 5.91 Å². The summed E-state index contributed by atoms with van der Waals surface area (Å²) in [5.74, 6) is -1.33. The Balaban J connectivity index is 2.13. The van der Waals surface area contributed by atoms with Crippen LogP contribution in [0, 0.1) is 0 Å². The maximum absolute atomic E-state index is 12.6. The molecule has 0 saturated heterocycles. The molecule has 0 unspecified atom stereocenters. The molecule has 4 nitrogen and oxygen atoms in total. The van der Waals surface area contributed by atoms with Gasteiger partial charge in [-0.15, -0.1) is 0 Å². The van der Waals surface area contributed by atoms with Gasteiger partial charge in [0, 0.05) is 0 Å². The third kappa shape index (κ3) is 3.69. The van der Waals surface area contributed by atoms with Crippen LogP contribution in [0.1, 0.15) is 11.1 Å². The predicted octanol–water partition coefficient (Wildman–Crippen LogP) is 3.30. The number of phenols is 2. The zero-order chi connectivity index (χ0) is 16.3. The van der Waals surface area contributed by atoms with Crippen molar-refractivity contribution in [3.8, 4) is 11.5 Å². The number of carbonyl (C=O) groups excluding carboxylic acids is 1. The number of anilines is 1. The monoisotopic (exact) mass is 311 g/mol. The number of hydrogen-bond donors (Lipinski definition) is 3. The second kappa shape index (κ2) is 5.97. The van der Waals surface area contributed by atoms with Gasteiger partial charge in [-0.05, 0) is 23.8 Å². The first-order chi connectivity index (χ1) is 10.3. The van der Waals surface area contributed by atoms with E-state index in [-0.39, 0.29) is 29.2 Å². The van der Waals surface area contributed by atoms with Crippen molar-refractivity contribution in [2.24, 2.45) is 0 Å². The Morgan fingerprint density at radius 3 is 2.23 bits per heavy atom. The molecule has 1 amide bonds. The summed E-state index contributed by atoms with van der Waals surface area (Å²) in [6.45, 7) is 0. The van der Waals surface area contributed by atoms with Crippen molar-refractivity contribution in [1.82, 2.24) is 0 Å². The van der Waals surface area contributed by atoms with Gasteiger partial charge in [-0.2, -0.15) is 13.2 Å². The predicted molar refractivity (Wildman–Crippen MR) is 73.5 cm³/mol. The minimum atomic E-state index is -4.48. The second-order valence-electron chi connectivity index (χ2n) is 4.59. The average Bonchev–Trinajstić information content (AvgIpc) is 2.42. The van der Waals surface area contributed by atoms with E-state index in [4.69, 9.17) is 0 Å². The molecule has 0 radical (unpaired) electrons. The summed E-state index contributed by atoms with van der Waals surface area (Å²) in [5, 5.41) is 21.3. The summed E-state index contributed by atoms with van der Waals surface area (Å²) < 4.78 is 37.8. The molecule has 0 aliphatic heterocycles. The molecule has 0 heterocycles. The van der Waals surface area contributed by atoms with Crippen LogP contribution in [0.4, 0.5) is 18.9 Å². The minimum absolute atomic E-state index is 0.169. The Morgan fingerprint density at radius 1 is 1.05 bits per heavy atom. The molecule has 3 N–H and O–H groups in total. The van der Waals surface area contributed by atoms with Crippen molar-refractivity contribution < 1.29 is 28.2 Å². The maximum atomic E-state index is 12.6. The normalized spacial score (nSPS) is 11.2. The number of carbonyl (C=O) groups is 1. The number of rotatable bonds is 3. The van der Waals surface area contributed by atoms with Crippen LogP contribution in [0.2, 0.25) is 0 Å². The highest BCUT2D eigenvalue weighted by molar-refractivity contribution is 5.95. The quantitative estimate of drug-likeness (QED) is 0.762. The largest absolute Gasteiger partial charge is 0.506 e. The highest BCUT2D eigenvalue weighted by Gasteiger charge is 2.30. The van der Waals surface area contributed by atoms with Crippen LogP contribution in [-0.4, -0.2) is 16.1 Å².